The second-order valence-corrected chi connectivity index (χ2v) is 3.34. The molecule has 0 N–H and O–H groups in total. The first-order valence-corrected chi connectivity index (χ1v) is 4.57. The van der Waals surface area contributed by atoms with Crippen molar-refractivity contribution in [1.82, 2.24) is 0 Å². The van der Waals surface area contributed by atoms with Crippen LogP contribution in [0.15, 0.2) is 30.6 Å². The van der Waals surface area contributed by atoms with Crippen LogP contribution in [0.2, 0.25) is 0 Å². The molecule has 68 valence electrons. The molecule has 12 heavy (non-hydrogen) atoms. The molecule has 0 atom stereocenters. The highest BCUT2D eigenvalue weighted by Crippen LogP contribution is 1.93. The highest BCUT2D eigenvalue weighted by atomic mass is 14.9. The molecule has 0 bridgehead atoms. The van der Waals surface area contributed by atoms with E-state index in [4.69, 9.17) is 0 Å². The van der Waals surface area contributed by atoms with Crippen LogP contribution < -0.4 is 4.57 Å². The van der Waals surface area contributed by atoms with Crippen LogP contribution in [0.1, 0.15) is 27.2 Å². The maximum Gasteiger partial charge on any atom is 0.168 e. The van der Waals surface area contributed by atoms with Crippen molar-refractivity contribution in [2.45, 2.75) is 27.2 Å². The Kier molecular flexibility index (Phi) is 6.35. The molecular formula is C11H20N+. The van der Waals surface area contributed by atoms with E-state index in [0.29, 0.717) is 0 Å². The summed E-state index contributed by atoms with van der Waals surface area (Å²) >= 11 is 0. The standard InChI is InChI=1S/C6H8N.C5H12/c1-7-5-3-2-4-6-7;1-4-5(2)3/h2-6H,1H3;5H,4H2,1-3H3/q+1;. The van der Waals surface area contributed by atoms with Crippen LogP contribution >= 0.6 is 0 Å². The summed E-state index contributed by atoms with van der Waals surface area (Å²) in [6.45, 7) is 6.64. The van der Waals surface area contributed by atoms with E-state index in [0.717, 1.165) is 5.92 Å². The number of hydrogen-bond acceptors (Lipinski definition) is 0. The van der Waals surface area contributed by atoms with Crippen molar-refractivity contribution in [3.63, 3.8) is 0 Å². The van der Waals surface area contributed by atoms with Gasteiger partial charge in [-0.15, -0.1) is 0 Å². The summed E-state index contributed by atoms with van der Waals surface area (Å²) in [5.41, 5.74) is 0. The molecule has 0 unspecified atom stereocenters. The molecule has 1 aromatic rings. The molecule has 0 aliphatic carbocycles. The van der Waals surface area contributed by atoms with E-state index in [1.165, 1.54) is 6.42 Å². The lowest BCUT2D eigenvalue weighted by atomic mass is 10.2. The van der Waals surface area contributed by atoms with Gasteiger partial charge in [0.2, 0.25) is 0 Å². The fourth-order valence-corrected chi connectivity index (χ4v) is 0.485. The van der Waals surface area contributed by atoms with Crippen molar-refractivity contribution in [2.75, 3.05) is 0 Å². The second-order valence-electron chi connectivity index (χ2n) is 3.34. The van der Waals surface area contributed by atoms with Gasteiger partial charge in [-0.3, -0.25) is 0 Å². The molecule has 1 nitrogen and oxygen atoms in total. The van der Waals surface area contributed by atoms with Gasteiger partial charge in [0.15, 0.2) is 12.4 Å². The first-order valence-electron chi connectivity index (χ1n) is 4.57. The molecule has 0 spiro atoms. The Hall–Kier alpha value is -0.850. The number of aryl methyl sites for hydroxylation is 1. The van der Waals surface area contributed by atoms with Crippen LogP contribution in [-0.4, -0.2) is 0 Å². The van der Waals surface area contributed by atoms with Gasteiger partial charge in [-0.2, -0.15) is 0 Å². The molecule has 1 aromatic heterocycles. The Labute approximate surface area is 76.1 Å². The van der Waals surface area contributed by atoms with E-state index < -0.39 is 0 Å². The van der Waals surface area contributed by atoms with Crippen molar-refractivity contribution >= 4 is 0 Å². The highest BCUT2D eigenvalue weighted by Gasteiger charge is 1.80. The SMILES string of the molecule is CCC(C)C.C[n+]1ccccc1. The van der Waals surface area contributed by atoms with Crippen LogP contribution in [0.5, 0.6) is 0 Å². The van der Waals surface area contributed by atoms with E-state index in [2.05, 4.69) is 20.8 Å². The maximum atomic E-state index is 2.22. The van der Waals surface area contributed by atoms with Crippen molar-refractivity contribution < 1.29 is 4.57 Å². The average molecular weight is 166 g/mol. The van der Waals surface area contributed by atoms with E-state index in [9.17, 15) is 0 Å². The lowest BCUT2D eigenvalue weighted by Crippen LogP contribution is -2.25. The number of rotatable bonds is 1. The lowest BCUT2D eigenvalue weighted by Gasteiger charge is -1.90. The molecule has 0 saturated heterocycles. The summed E-state index contributed by atoms with van der Waals surface area (Å²) < 4.78 is 2.00. The van der Waals surface area contributed by atoms with Gasteiger partial charge in [-0.25, -0.2) is 4.57 Å². The minimum atomic E-state index is 0.884. The van der Waals surface area contributed by atoms with Crippen LogP contribution in [0, 0.1) is 5.92 Å². The first kappa shape index (κ1) is 11.2. The van der Waals surface area contributed by atoms with Crippen molar-refractivity contribution in [3.8, 4) is 0 Å². The van der Waals surface area contributed by atoms with E-state index in [-0.39, 0.29) is 0 Å². The normalized spacial score (nSPS) is 9.08. The van der Waals surface area contributed by atoms with Gasteiger partial charge in [0.05, 0.1) is 0 Å². The molecule has 1 rings (SSSR count). The van der Waals surface area contributed by atoms with Gasteiger partial charge in [0, 0.05) is 12.1 Å². The smallest absolute Gasteiger partial charge is 0.168 e. The number of aromatic nitrogens is 1. The van der Waals surface area contributed by atoms with Gasteiger partial charge < -0.3 is 0 Å². The zero-order chi connectivity index (χ0) is 9.40. The zero-order valence-electron chi connectivity index (χ0n) is 8.62. The number of nitrogens with zero attached hydrogens (tertiary/aromatic N) is 1. The fraction of sp³-hybridized carbons (Fsp3) is 0.545. The van der Waals surface area contributed by atoms with Crippen molar-refractivity contribution in [1.29, 1.82) is 0 Å². The third-order valence-electron chi connectivity index (χ3n) is 1.68. The predicted octanol–water partition coefficient (Wildman–Crippen LogP) is 2.56. The van der Waals surface area contributed by atoms with Crippen molar-refractivity contribution in [2.24, 2.45) is 13.0 Å². The summed E-state index contributed by atoms with van der Waals surface area (Å²) in [6.07, 6.45) is 5.31. The third-order valence-corrected chi connectivity index (χ3v) is 1.68. The Balaban J connectivity index is 0.000000217. The molecule has 0 aliphatic heterocycles. The molecule has 1 heterocycles. The largest absolute Gasteiger partial charge is 0.208 e. The summed E-state index contributed by atoms with van der Waals surface area (Å²) in [5.74, 6) is 0.884. The average Bonchev–Trinajstić information content (AvgIpc) is 2.07. The molecule has 0 aliphatic rings. The molecule has 1 heteroatoms. The molecule has 0 saturated carbocycles. The molecule has 0 aromatic carbocycles. The van der Waals surface area contributed by atoms with Gasteiger partial charge >= 0.3 is 0 Å². The topological polar surface area (TPSA) is 3.88 Å². The van der Waals surface area contributed by atoms with Gasteiger partial charge in [-0.1, -0.05) is 33.3 Å². The molecular weight excluding hydrogens is 146 g/mol. The van der Waals surface area contributed by atoms with Crippen LogP contribution in [0.25, 0.3) is 0 Å². The summed E-state index contributed by atoms with van der Waals surface area (Å²) in [4.78, 5) is 0. The summed E-state index contributed by atoms with van der Waals surface area (Å²) in [6, 6.07) is 6.00. The van der Waals surface area contributed by atoms with Gasteiger partial charge in [-0.05, 0) is 5.92 Å². The van der Waals surface area contributed by atoms with Gasteiger partial charge in [0.25, 0.3) is 0 Å². The predicted molar refractivity (Wildman–Crippen MR) is 52.7 cm³/mol. The molecule has 0 fully saturated rings. The highest BCUT2D eigenvalue weighted by molar-refractivity contribution is 4.83. The van der Waals surface area contributed by atoms with E-state index in [1.54, 1.807) is 0 Å². The quantitative estimate of drug-likeness (QED) is 0.564. The van der Waals surface area contributed by atoms with Crippen molar-refractivity contribution in [3.05, 3.63) is 30.6 Å². The molecule has 0 radical (unpaired) electrons. The van der Waals surface area contributed by atoms with E-state index in [1.807, 2.05) is 42.2 Å². The monoisotopic (exact) mass is 166 g/mol. The molecule has 0 amide bonds. The Morgan fingerprint density at radius 2 is 1.50 bits per heavy atom. The van der Waals surface area contributed by atoms with Crippen LogP contribution in [-0.2, 0) is 7.05 Å². The lowest BCUT2D eigenvalue weighted by molar-refractivity contribution is -0.671. The minimum absolute atomic E-state index is 0.884. The third kappa shape index (κ3) is 7.26. The van der Waals surface area contributed by atoms with E-state index >= 15 is 0 Å². The van der Waals surface area contributed by atoms with Crippen LogP contribution in [0.3, 0.4) is 0 Å². The summed E-state index contributed by atoms with van der Waals surface area (Å²) in [7, 11) is 2.00. The number of pyridine rings is 1. The Morgan fingerprint density at radius 3 is 1.67 bits per heavy atom. The fourth-order valence-electron chi connectivity index (χ4n) is 0.485. The van der Waals surface area contributed by atoms with Crippen LogP contribution in [0.4, 0.5) is 0 Å². The summed E-state index contributed by atoms with van der Waals surface area (Å²) in [5, 5.41) is 0. The zero-order valence-corrected chi connectivity index (χ0v) is 8.62. The number of hydrogen-bond donors (Lipinski definition) is 0. The second kappa shape index (κ2) is 6.84. The minimum Gasteiger partial charge on any atom is -0.208 e. The Bertz CT molecular complexity index is 179. The Morgan fingerprint density at radius 1 is 1.08 bits per heavy atom. The maximum absolute atomic E-state index is 2.22. The van der Waals surface area contributed by atoms with Gasteiger partial charge in [0.1, 0.15) is 7.05 Å². The first-order chi connectivity index (χ1) is 5.66.